The van der Waals surface area contributed by atoms with E-state index in [-0.39, 0.29) is 6.10 Å². The summed E-state index contributed by atoms with van der Waals surface area (Å²) in [5, 5.41) is 8.32. The molecule has 1 saturated heterocycles. The maximum Gasteiger partial charge on any atom is 0.307 e. The molecule has 1 aliphatic carbocycles. The summed E-state index contributed by atoms with van der Waals surface area (Å²) in [5.74, 6) is -1.77. The average molecular weight is 291 g/mol. The Bertz CT molecular complexity index is 429. The second kappa shape index (κ2) is 5.76. The highest BCUT2D eigenvalue weighted by Gasteiger charge is 2.43. The number of ether oxygens (including phenoxy) is 1. The third-order valence-corrected chi connectivity index (χ3v) is 6.42. The monoisotopic (exact) mass is 291 g/mol. The Kier molecular flexibility index (Phi) is 4.47. The van der Waals surface area contributed by atoms with E-state index in [0.717, 1.165) is 12.8 Å². The van der Waals surface area contributed by atoms with Crippen LogP contribution in [0.1, 0.15) is 32.1 Å². The van der Waals surface area contributed by atoms with Gasteiger partial charge in [-0.2, -0.15) is 0 Å². The lowest BCUT2D eigenvalue weighted by molar-refractivity contribution is -0.141. The van der Waals surface area contributed by atoms with Crippen molar-refractivity contribution < 1.29 is 23.1 Å². The number of carboxylic acids is 1. The molecule has 0 radical (unpaired) electrons. The topological polar surface area (TPSA) is 83.9 Å². The Morgan fingerprint density at radius 1 is 1.32 bits per heavy atom. The molecule has 0 spiro atoms. The van der Waals surface area contributed by atoms with Crippen molar-refractivity contribution in [3.63, 3.8) is 0 Å². The van der Waals surface area contributed by atoms with Gasteiger partial charge in [-0.3, -0.25) is 4.79 Å². The van der Waals surface area contributed by atoms with Gasteiger partial charge in [-0.25, -0.2) is 12.7 Å². The first-order valence-corrected chi connectivity index (χ1v) is 8.23. The molecular formula is C12H21NO5S. The maximum absolute atomic E-state index is 12.4. The van der Waals surface area contributed by atoms with Crippen molar-refractivity contribution in [1.82, 2.24) is 4.31 Å². The molecule has 6 nitrogen and oxygen atoms in total. The highest BCUT2D eigenvalue weighted by Crippen LogP contribution is 2.33. The normalized spacial score (nSPS) is 32.0. The summed E-state index contributed by atoms with van der Waals surface area (Å²) >= 11 is 0. The van der Waals surface area contributed by atoms with Crippen LogP contribution in [0.2, 0.25) is 0 Å². The second-order valence-corrected chi connectivity index (χ2v) is 7.63. The zero-order valence-corrected chi connectivity index (χ0v) is 11.9. The lowest BCUT2D eigenvalue weighted by atomic mass is 10.1. The predicted molar refractivity (Wildman–Crippen MR) is 69.3 cm³/mol. The molecule has 0 aromatic heterocycles. The standard InChI is InChI=1S/C12H21NO5S/c1-13(8-9-4-3-7-18-9)19(16,17)11-6-2-5-10(11)12(14)15/h9-11H,2-8H2,1H3,(H,14,15). The van der Waals surface area contributed by atoms with Crippen molar-refractivity contribution in [3.8, 4) is 0 Å². The number of hydrogen-bond donors (Lipinski definition) is 1. The molecule has 1 aliphatic heterocycles. The van der Waals surface area contributed by atoms with E-state index in [4.69, 9.17) is 9.84 Å². The number of likely N-dealkylation sites (N-methyl/N-ethyl adjacent to an activating group) is 1. The smallest absolute Gasteiger partial charge is 0.307 e. The number of hydrogen-bond acceptors (Lipinski definition) is 4. The Labute approximate surface area is 113 Å². The first kappa shape index (κ1) is 14.7. The van der Waals surface area contributed by atoms with Gasteiger partial charge < -0.3 is 9.84 Å². The maximum atomic E-state index is 12.4. The zero-order valence-electron chi connectivity index (χ0n) is 11.1. The van der Waals surface area contributed by atoms with Gasteiger partial charge in [-0.1, -0.05) is 6.42 Å². The molecular weight excluding hydrogens is 270 g/mol. The molecule has 1 heterocycles. The molecule has 2 fully saturated rings. The van der Waals surface area contributed by atoms with E-state index in [1.54, 1.807) is 0 Å². The molecule has 3 atom stereocenters. The molecule has 0 aromatic carbocycles. The van der Waals surface area contributed by atoms with Gasteiger partial charge in [0.2, 0.25) is 10.0 Å². The van der Waals surface area contributed by atoms with E-state index < -0.39 is 27.2 Å². The summed E-state index contributed by atoms with van der Waals surface area (Å²) in [6.07, 6.45) is 3.33. The van der Waals surface area contributed by atoms with Gasteiger partial charge in [0, 0.05) is 20.2 Å². The number of sulfonamides is 1. The molecule has 2 rings (SSSR count). The molecule has 1 N–H and O–H groups in total. The summed E-state index contributed by atoms with van der Waals surface area (Å²) in [6.45, 7) is 1.00. The quantitative estimate of drug-likeness (QED) is 0.805. The fourth-order valence-electron chi connectivity index (χ4n) is 2.98. The number of carbonyl (C=O) groups is 1. The first-order valence-electron chi connectivity index (χ1n) is 6.72. The highest BCUT2D eigenvalue weighted by molar-refractivity contribution is 7.89. The van der Waals surface area contributed by atoms with Gasteiger partial charge in [-0.15, -0.1) is 0 Å². The SMILES string of the molecule is CN(CC1CCCO1)S(=O)(=O)C1CCCC1C(=O)O. The van der Waals surface area contributed by atoms with E-state index >= 15 is 0 Å². The molecule has 3 unspecified atom stereocenters. The van der Waals surface area contributed by atoms with Crippen molar-refractivity contribution in [3.05, 3.63) is 0 Å². The van der Waals surface area contributed by atoms with Gasteiger partial charge in [0.25, 0.3) is 0 Å². The minimum Gasteiger partial charge on any atom is -0.481 e. The summed E-state index contributed by atoms with van der Waals surface area (Å²) in [7, 11) is -2.03. The largest absolute Gasteiger partial charge is 0.481 e. The van der Waals surface area contributed by atoms with Gasteiger partial charge in [0.05, 0.1) is 17.3 Å². The Hall–Kier alpha value is -0.660. The Balaban J connectivity index is 2.05. The average Bonchev–Trinajstić information content (AvgIpc) is 2.98. The molecule has 19 heavy (non-hydrogen) atoms. The summed E-state index contributed by atoms with van der Waals surface area (Å²) in [6, 6.07) is 0. The molecule has 7 heteroatoms. The Morgan fingerprint density at radius 3 is 2.63 bits per heavy atom. The number of nitrogens with zero attached hydrogens (tertiary/aromatic N) is 1. The van der Waals surface area contributed by atoms with Gasteiger partial charge in [0.1, 0.15) is 0 Å². The van der Waals surface area contributed by atoms with Crippen molar-refractivity contribution in [2.75, 3.05) is 20.2 Å². The van der Waals surface area contributed by atoms with E-state index in [1.807, 2.05) is 0 Å². The van der Waals surface area contributed by atoms with Crippen LogP contribution in [-0.4, -0.2) is 55.4 Å². The fraction of sp³-hybridized carbons (Fsp3) is 0.917. The molecule has 0 amide bonds. The molecule has 0 aromatic rings. The van der Waals surface area contributed by atoms with Crippen molar-refractivity contribution in [2.45, 2.75) is 43.5 Å². The fourth-order valence-corrected chi connectivity index (χ4v) is 4.94. The second-order valence-electron chi connectivity index (χ2n) is 5.37. The number of carboxylic acid groups (broad SMARTS) is 1. The lowest BCUT2D eigenvalue weighted by Gasteiger charge is -2.25. The predicted octanol–water partition coefficient (Wildman–Crippen LogP) is 0.680. The van der Waals surface area contributed by atoms with E-state index in [9.17, 15) is 13.2 Å². The minimum absolute atomic E-state index is 0.0514. The van der Waals surface area contributed by atoms with Crippen LogP contribution in [0.4, 0.5) is 0 Å². The van der Waals surface area contributed by atoms with E-state index in [0.29, 0.717) is 32.4 Å². The van der Waals surface area contributed by atoms with Crippen LogP contribution in [0.25, 0.3) is 0 Å². The van der Waals surface area contributed by atoms with Crippen LogP contribution in [0.3, 0.4) is 0 Å². The molecule has 0 bridgehead atoms. The van der Waals surface area contributed by atoms with Crippen LogP contribution in [0.15, 0.2) is 0 Å². The molecule has 110 valence electrons. The van der Waals surface area contributed by atoms with Gasteiger partial charge in [-0.05, 0) is 25.7 Å². The molecule has 1 saturated carbocycles. The number of rotatable bonds is 5. The zero-order chi connectivity index (χ0) is 14.0. The van der Waals surface area contributed by atoms with Crippen LogP contribution in [0, 0.1) is 5.92 Å². The third-order valence-electron chi connectivity index (χ3n) is 4.07. The number of aliphatic carboxylic acids is 1. The van der Waals surface area contributed by atoms with Gasteiger partial charge >= 0.3 is 5.97 Å². The minimum atomic E-state index is -3.55. The Morgan fingerprint density at radius 2 is 2.05 bits per heavy atom. The first-order chi connectivity index (χ1) is 8.93. The van der Waals surface area contributed by atoms with E-state index in [2.05, 4.69) is 0 Å². The third kappa shape index (κ3) is 3.09. The van der Waals surface area contributed by atoms with Crippen LogP contribution in [0.5, 0.6) is 0 Å². The molecule has 2 aliphatic rings. The highest BCUT2D eigenvalue weighted by atomic mass is 32.2. The van der Waals surface area contributed by atoms with Crippen LogP contribution >= 0.6 is 0 Å². The van der Waals surface area contributed by atoms with Crippen LogP contribution in [-0.2, 0) is 19.6 Å². The summed E-state index contributed by atoms with van der Waals surface area (Å²) in [5.41, 5.74) is 0. The van der Waals surface area contributed by atoms with Gasteiger partial charge in [0.15, 0.2) is 0 Å². The summed E-state index contributed by atoms with van der Waals surface area (Å²) < 4.78 is 31.6. The van der Waals surface area contributed by atoms with E-state index in [1.165, 1.54) is 11.4 Å². The summed E-state index contributed by atoms with van der Waals surface area (Å²) in [4.78, 5) is 11.1. The van der Waals surface area contributed by atoms with Crippen molar-refractivity contribution >= 4 is 16.0 Å². The lowest BCUT2D eigenvalue weighted by Crippen LogP contribution is -2.43. The van der Waals surface area contributed by atoms with Crippen LogP contribution < -0.4 is 0 Å². The van der Waals surface area contributed by atoms with Crippen molar-refractivity contribution in [1.29, 1.82) is 0 Å². The van der Waals surface area contributed by atoms with Crippen molar-refractivity contribution in [2.24, 2.45) is 5.92 Å².